The lowest BCUT2D eigenvalue weighted by atomic mass is 10.3. The summed E-state index contributed by atoms with van der Waals surface area (Å²) in [5.74, 6) is -0.290. The van der Waals surface area contributed by atoms with E-state index in [0.717, 1.165) is 12.6 Å². The normalized spacial score (nSPS) is 19.6. The fraction of sp³-hybridized carbons (Fsp3) is 0.474. The highest BCUT2D eigenvalue weighted by Gasteiger charge is 2.30. The number of hydrogen-bond donors (Lipinski definition) is 0. The van der Waals surface area contributed by atoms with Crippen LogP contribution in [0.3, 0.4) is 0 Å². The van der Waals surface area contributed by atoms with Crippen LogP contribution in [-0.2, 0) is 9.53 Å². The highest BCUT2D eigenvalue weighted by atomic mass is 32.3. The molecule has 2 aliphatic rings. The van der Waals surface area contributed by atoms with Crippen LogP contribution in [0.2, 0.25) is 0 Å². The minimum atomic E-state index is -0.290. The first kappa shape index (κ1) is 25.7. The van der Waals surface area contributed by atoms with E-state index in [4.69, 9.17) is 17.0 Å². The molecule has 0 fully saturated rings. The summed E-state index contributed by atoms with van der Waals surface area (Å²) in [4.78, 5) is 12.4. The lowest BCUT2D eigenvalue weighted by Gasteiger charge is -2.21. The van der Waals surface area contributed by atoms with Crippen molar-refractivity contribution in [3.63, 3.8) is 0 Å². The summed E-state index contributed by atoms with van der Waals surface area (Å²) in [5.41, 5.74) is 0. The van der Waals surface area contributed by atoms with Gasteiger partial charge in [0, 0.05) is 9.49 Å². The van der Waals surface area contributed by atoms with Crippen molar-refractivity contribution in [2.45, 2.75) is 51.0 Å². The van der Waals surface area contributed by atoms with Crippen LogP contribution in [0.1, 0.15) is 41.5 Å². The fourth-order valence-corrected chi connectivity index (χ4v) is 14.6. The van der Waals surface area contributed by atoms with Crippen LogP contribution >= 0.6 is 105 Å². The van der Waals surface area contributed by atoms with Gasteiger partial charge in [0.25, 0.3) is 0 Å². The molecule has 0 unspecified atom stereocenters. The molecule has 1 aromatic rings. The van der Waals surface area contributed by atoms with Gasteiger partial charge in [0.1, 0.15) is 12.6 Å². The van der Waals surface area contributed by atoms with Crippen molar-refractivity contribution in [2.75, 3.05) is 7.11 Å². The molecular weight excluding hydrogens is 549 g/mol. The zero-order valence-electron chi connectivity index (χ0n) is 17.6. The summed E-state index contributed by atoms with van der Waals surface area (Å²) in [6.45, 7) is 13.6. The van der Waals surface area contributed by atoms with Crippen LogP contribution in [0.4, 0.5) is 0 Å². The lowest BCUT2D eigenvalue weighted by Crippen LogP contribution is -2.08. The minimum Gasteiger partial charge on any atom is -0.465 e. The molecule has 1 aromatic heterocycles. The van der Waals surface area contributed by atoms with Gasteiger partial charge in [-0.3, -0.25) is 0 Å². The second-order valence-electron chi connectivity index (χ2n) is 8.08. The molecule has 0 amide bonds. The first-order valence-corrected chi connectivity index (χ1v) is 15.9. The molecule has 0 aromatic carbocycles. The van der Waals surface area contributed by atoms with E-state index in [1.54, 1.807) is 34.4 Å². The zero-order chi connectivity index (χ0) is 22.3. The van der Waals surface area contributed by atoms with Gasteiger partial charge in [0.2, 0.25) is 0 Å². The van der Waals surface area contributed by atoms with Crippen LogP contribution in [0, 0.1) is 3.82 Å². The number of esters is 1. The van der Waals surface area contributed by atoms with Gasteiger partial charge in [0.05, 0.1) is 28.6 Å². The summed E-state index contributed by atoms with van der Waals surface area (Å²) in [6.07, 6.45) is 0. The molecule has 30 heavy (non-hydrogen) atoms. The number of rotatable bonds is 3. The van der Waals surface area contributed by atoms with E-state index < -0.39 is 0 Å². The van der Waals surface area contributed by atoms with Crippen molar-refractivity contribution >= 4 is 120 Å². The van der Waals surface area contributed by atoms with Gasteiger partial charge >= 0.3 is 5.97 Å². The molecule has 0 saturated heterocycles. The van der Waals surface area contributed by atoms with Gasteiger partial charge in [-0.15, -0.1) is 46.2 Å². The van der Waals surface area contributed by atoms with Gasteiger partial charge in [-0.1, -0.05) is 101 Å². The van der Waals surface area contributed by atoms with Crippen LogP contribution in [0.25, 0.3) is 8.47 Å². The van der Waals surface area contributed by atoms with Gasteiger partial charge in [-0.25, -0.2) is 4.79 Å². The SMILES string of the molecule is COC(=O)C1=CS/C(=c2\sc(=C3SC(SC(C)(C)C)=C(SC(C)(C)C)S3)sc2=S)S1. The van der Waals surface area contributed by atoms with E-state index in [2.05, 4.69) is 41.5 Å². The molecule has 0 bridgehead atoms. The van der Waals surface area contributed by atoms with E-state index in [0.29, 0.717) is 4.91 Å². The van der Waals surface area contributed by atoms with E-state index in [-0.39, 0.29) is 15.5 Å². The standard InChI is InChI=1S/C19H22O2S9/c1-18(2,3)29-16-17(30-19(4,5)6)28-15(27-16)14-25-10(12(22)26-14)13-23-8-9(24-13)11(20)21-7/h8H,1-7H3/b13-10+. The van der Waals surface area contributed by atoms with Crippen LogP contribution < -0.4 is 8.38 Å². The second kappa shape index (κ2) is 10.1. The van der Waals surface area contributed by atoms with Gasteiger partial charge in [-0.05, 0) is 5.41 Å². The Kier molecular flexibility index (Phi) is 8.67. The molecule has 0 spiro atoms. The summed E-state index contributed by atoms with van der Waals surface area (Å²) in [6, 6.07) is 0. The maximum atomic E-state index is 11.8. The number of thioether (sulfide) groups is 6. The third-order valence-electron chi connectivity index (χ3n) is 3.12. The van der Waals surface area contributed by atoms with Crippen LogP contribution in [0.15, 0.2) is 18.8 Å². The van der Waals surface area contributed by atoms with Crippen molar-refractivity contribution < 1.29 is 9.53 Å². The first-order chi connectivity index (χ1) is 13.9. The van der Waals surface area contributed by atoms with Gasteiger partial charge in [0.15, 0.2) is 0 Å². The van der Waals surface area contributed by atoms with Gasteiger partial charge < -0.3 is 4.74 Å². The highest BCUT2D eigenvalue weighted by Crippen LogP contribution is 2.61. The Morgan fingerprint density at radius 2 is 1.50 bits per heavy atom. The Hall–Kier alpha value is 1.06. The van der Waals surface area contributed by atoms with Crippen molar-refractivity contribution in [2.24, 2.45) is 0 Å². The molecule has 0 N–H and O–H groups in total. The molecule has 2 aliphatic heterocycles. The molecule has 164 valence electrons. The largest absolute Gasteiger partial charge is 0.465 e. The number of methoxy groups -OCH3 is 1. The molecule has 2 nitrogen and oxygen atoms in total. The zero-order valence-corrected chi connectivity index (χ0v) is 24.9. The molecule has 0 radical (unpaired) electrons. The third kappa shape index (κ3) is 6.79. The van der Waals surface area contributed by atoms with Crippen molar-refractivity contribution in [3.8, 4) is 0 Å². The van der Waals surface area contributed by atoms with Crippen molar-refractivity contribution in [1.82, 2.24) is 0 Å². The van der Waals surface area contributed by atoms with Crippen LogP contribution in [-0.4, -0.2) is 22.6 Å². The highest BCUT2D eigenvalue weighted by molar-refractivity contribution is 8.46. The molecule has 3 heterocycles. The lowest BCUT2D eigenvalue weighted by molar-refractivity contribution is -0.135. The monoisotopic (exact) mass is 570 g/mol. The summed E-state index contributed by atoms with van der Waals surface area (Å²) in [5, 5.41) is 1.86. The Balaban J connectivity index is 1.96. The number of carbonyl (C=O) groups is 1. The Bertz CT molecular complexity index is 1060. The number of ether oxygens (including phenoxy) is 1. The average molecular weight is 571 g/mol. The smallest absolute Gasteiger partial charge is 0.345 e. The van der Waals surface area contributed by atoms with Crippen molar-refractivity contribution in [3.05, 3.63) is 31.0 Å². The molecule has 11 heteroatoms. The Morgan fingerprint density at radius 1 is 0.933 bits per heavy atom. The fourth-order valence-electron chi connectivity index (χ4n) is 2.08. The number of hydrogen-bond acceptors (Lipinski definition) is 11. The topological polar surface area (TPSA) is 26.3 Å². The van der Waals surface area contributed by atoms with Gasteiger partial charge in [-0.2, -0.15) is 0 Å². The predicted molar refractivity (Wildman–Crippen MR) is 151 cm³/mol. The van der Waals surface area contributed by atoms with Crippen molar-refractivity contribution in [1.29, 1.82) is 0 Å². The van der Waals surface area contributed by atoms with E-state index in [1.165, 1.54) is 35.4 Å². The molecule has 0 atom stereocenters. The maximum Gasteiger partial charge on any atom is 0.345 e. The average Bonchev–Trinajstić information content (AvgIpc) is 3.31. The second-order valence-corrected chi connectivity index (χ2v) is 19.7. The minimum absolute atomic E-state index is 0.165. The molecule has 3 rings (SSSR count). The molecule has 0 aliphatic carbocycles. The summed E-state index contributed by atoms with van der Waals surface area (Å²) >= 11 is 19.8. The maximum absolute atomic E-state index is 11.8. The summed E-state index contributed by atoms with van der Waals surface area (Å²) < 4.78 is 13.6. The Labute approximate surface area is 216 Å². The van der Waals surface area contributed by atoms with E-state index in [9.17, 15) is 4.79 Å². The Morgan fingerprint density at radius 3 is 2.00 bits per heavy atom. The van der Waals surface area contributed by atoms with E-state index in [1.807, 2.05) is 52.5 Å². The third-order valence-corrected chi connectivity index (χ3v) is 14.8. The predicted octanol–water partition coefficient (Wildman–Crippen LogP) is 7.83. The van der Waals surface area contributed by atoms with Crippen LogP contribution in [0.5, 0.6) is 0 Å². The quantitative estimate of drug-likeness (QED) is 0.266. The molecular formula is C19H22O2S9. The first-order valence-electron chi connectivity index (χ1n) is 8.86. The summed E-state index contributed by atoms with van der Waals surface area (Å²) in [7, 11) is 1.41. The van der Waals surface area contributed by atoms with E-state index >= 15 is 0 Å². The number of carbonyl (C=O) groups excluding carboxylic acids is 1. The molecule has 0 saturated carbocycles.